The first-order chi connectivity index (χ1) is 11.1. The van der Waals surface area contributed by atoms with E-state index in [1.54, 1.807) is 18.2 Å². The van der Waals surface area contributed by atoms with E-state index in [0.29, 0.717) is 39.3 Å². The number of carbonyl (C=O) groups excluding carboxylic acids is 2. The van der Waals surface area contributed by atoms with Gasteiger partial charge in [0.1, 0.15) is 0 Å². The number of benzene rings is 2. The topological polar surface area (TPSA) is 67.9 Å². The Labute approximate surface area is 141 Å². The van der Waals surface area contributed by atoms with E-state index in [-0.39, 0.29) is 6.79 Å². The van der Waals surface area contributed by atoms with Crippen LogP contribution in [0.15, 0.2) is 36.4 Å². The molecule has 0 bridgehead atoms. The standard InChI is InChI=1S/C15H10Cl2N2O4/c16-9-3-10(17)5-11(4-9)18-15(21)19(7-20)12-1-2-13-14(6-12)23-8-22-13/h1-7H,8H2,(H,18,21). The highest BCUT2D eigenvalue weighted by Gasteiger charge is 2.20. The van der Waals surface area contributed by atoms with Crippen molar-refractivity contribution in [1.82, 2.24) is 0 Å². The molecule has 3 amide bonds. The first kappa shape index (κ1) is 15.5. The monoisotopic (exact) mass is 352 g/mol. The molecule has 0 atom stereocenters. The van der Waals surface area contributed by atoms with E-state index in [9.17, 15) is 9.59 Å². The maximum Gasteiger partial charge on any atom is 0.332 e. The SMILES string of the molecule is O=CN(C(=O)Nc1cc(Cl)cc(Cl)c1)c1ccc2c(c1)OCO2. The Morgan fingerprint density at radius 1 is 1.09 bits per heavy atom. The van der Waals surface area contributed by atoms with Crippen LogP contribution in [0.5, 0.6) is 11.5 Å². The van der Waals surface area contributed by atoms with Gasteiger partial charge in [-0.15, -0.1) is 0 Å². The van der Waals surface area contributed by atoms with Gasteiger partial charge in [0, 0.05) is 21.8 Å². The third-order valence-electron chi connectivity index (χ3n) is 3.07. The van der Waals surface area contributed by atoms with Crippen LogP contribution in [-0.4, -0.2) is 19.2 Å². The van der Waals surface area contributed by atoms with Crippen molar-refractivity contribution in [2.45, 2.75) is 0 Å². The van der Waals surface area contributed by atoms with Crippen LogP contribution >= 0.6 is 23.2 Å². The van der Waals surface area contributed by atoms with Gasteiger partial charge in [-0.2, -0.15) is 0 Å². The molecule has 6 nitrogen and oxygen atoms in total. The second kappa shape index (κ2) is 6.36. The van der Waals surface area contributed by atoms with Crippen LogP contribution in [0.25, 0.3) is 0 Å². The van der Waals surface area contributed by atoms with Gasteiger partial charge in [-0.05, 0) is 30.3 Å². The molecule has 0 spiro atoms. The summed E-state index contributed by atoms with van der Waals surface area (Å²) in [6.45, 7) is 0.104. The van der Waals surface area contributed by atoms with Gasteiger partial charge < -0.3 is 14.8 Å². The fraction of sp³-hybridized carbons (Fsp3) is 0.0667. The van der Waals surface area contributed by atoms with Crippen molar-refractivity contribution in [2.24, 2.45) is 0 Å². The molecule has 23 heavy (non-hydrogen) atoms. The van der Waals surface area contributed by atoms with Crippen molar-refractivity contribution in [2.75, 3.05) is 17.0 Å². The zero-order chi connectivity index (χ0) is 16.4. The van der Waals surface area contributed by atoms with Crippen LogP contribution in [-0.2, 0) is 4.79 Å². The summed E-state index contributed by atoms with van der Waals surface area (Å²) >= 11 is 11.8. The van der Waals surface area contributed by atoms with Crippen molar-refractivity contribution >= 4 is 47.0 Å². The van der Waals surface area contributed by atoms with E-state index in [1.807, 2.05) is 0 Å². The van der Waals surface area contributed by atoms with E-state index in [1.165, 1.54) is 18.2 Å². The molecule has 2 aromatic carbocycles. The number of nitrogens with zero attached hydrogens (tertiary/aromatic N) is 1. The minimum atomic E-state index is -0.655. The largest absolute Gasteiger partial charge is 0.454 e. The van der Waals surface area contributed by atoms with Gasteiger partial charge >= 0.3 is 6.03 Å². The molecule has 0 aliphatic carbocycles. The number of imide groups is 1. The molecule has 1 heterocycles. The number of carbonyl (C=O) groups is 2. The molecule has 1 N–H and O–H groups in total. The van der Waals surface area contributed by atoms with Crippen LogP contribution in [0, 0.1) is 0 Å². The van der Waals surface area contributed by atoms with Gasteiger partial charge in [-0.3, -0.25) is 4.79 Å². The Bertz CT molecular complexity index is 762. The Morgan fingerprint density at radius 3 is 2.48 bits per heavy atom. The number of fused-ring (bicyclic) bond motifs is 1. The molecule has 0 saturated heterocycles. The molecule has 0 unspecified atom stereocenters. The number of rotatable bonds is 3. The second-order valence-electron chi connectivity index (χ2n) is 4.60. The van der Waals surface area contributed by atoms with Gasteiger partial charge in [0.25, 0.3) is 0 Å². The molecule has 0 radical (unpaired) electrons. The predicted octanol–water partition coefficient (Wildman–Crippen LogP) is 3.92. The Hall–Kier alpha value is -2.44. The summed E-state index contributed by atoms with van der Waals surface area (Å²) in [4.78, 5) is 24.5. The summed E-state index contributed by atoms with van der Waals surface area (Å²) < 4.78 is 10.4. The van der Waals surface area contributed by atoms with Crippen molar-refractivity contribution < 1.29 is 19.1 Å². The maximum atomic E-state index is 12.3. The lowest BCUT2D eigenvalue weighted by molar-refractivity contribution is -0.106. The molecule has 0 aromatic heterocycles. The summed E-state index contributed by atoms with van der Waals surface area (Å²) in [5, 5.41) is 3.29. The van der Waals surface area contributed by atoms with E-state index in [2.05, 4.69) is 5.32 Å². The number of urea groups is 1. The smallest absolute Gasteiger partial charge is 0.332 e. The van der Waals surface area contributed by atoms with Gasteiger partial charge in [0.15, 0.2) is 11.5 Å². The molecular formula is C15H10Cl2N2O4. The van der Waals surface area contributed by atoms with Crippen molar-refractivity contribution in [3.8, 4) is 11.5 Å². The van der Waals surface area contributed by atoms with Crippen LogP contribution < -0.4 is 19.7 Å². The van der Waals surface area contributed by atoms with Crippen molar-refractivity contribution in [3.63, 3.8) is 0 Å². The lowest BCUT2D eigenvalue weighted by atomic mass is 10.2. The number of hydrogen-bond donors (Lipinski definition) is 1. The van der Waals surface area contributed by atoms with Gasteiger partial charge in [0.2, 0.25) is 13.2 Å². The summed E-state index contributed by atoms with van der Waals surface area (Å²) in [5.41, 5.74) is 0.718. The molecule has 3 rings (SSSR count). The molecule has 2 aromatic rings. The van der Waals surface area contributed by atoms with E-state index < -0.39 is 6.03 Å². The number of nitrogens with one attached hydrogen (secondary N) is 1. The number of hydrogen-bond acceptors (Lipinski definition) is 4. The summed E-state index contributed by atoms with van der Waals surface area (Å²) in [6.07, 6.45) is 0.402. The average Bonchev–Trinajstić information content (AvgIpc) is 2.94. The van der Waals surface area contributed by atoms with E-state index in [4.69, 9.17) is 32.7 Å². The Morgan fingerprint density at radius 2 is 1.78 bits per heavy atom. The van der Waals surface area contributed by atoms with Crippen LogP contribution in [0.1, 0.15) is 0 Å². The molecule has 8 heteroatoms. The number of ether oxygens (including phenoxy) is 2. The van der Waals surface area contributed by atoms with Gasteiger partial charge in [0.05, 0.1) is 5.69 Å². The highest BCUT2D eigenvalue weighted by atomic mass is 35.5. The van der Waals surface area contributed by atoms with Gasteiger partial charge in [-0.25, -0.2) is 9.69 Å². The number of anilines is 2. The van der Waals surface area contributed by atoms with Crippen molar-refractivity contribution in [3.05, 3.63) is 46.4 Å². The zero-order valence-corrected chi connectivity index (χ0v) is 13.1. The highest BCUT2D eigenvalue weighted by molar-refractivity contribution is 6.35. The summed E-state index contributed by atoms with van der Waals surface area (Å²) in [6, 6.07) is 8.67. The predicted molar refractivity (Wildman–Crippen MR) is 86.6 cm³/mol. The quantitative estimate of drug-likeness (QED) is 0.850. The lowest BCUT2D eigenvalue weighted by Crippen LogP contribution is -2.33. The average molecular weight is 353 g/mol. The molecule has 1 aliphatic heterocycles. The lowest BCUT2D eigenvalue weighted by Gasteiger charge is -2.17. The Kier molecular flexibility index (Phi) is 4.27. The maximum absolute atomic E-state index is 12.3. The highest BCUT2D eigenvalue weighted by Crippen LogP contribution is 2.35. The molecular weight excluding hydrogens is 343 g/mol. The fourth-order valence-corrected chi connectivity index (χ4v) is 2.60. The first-order valence-corrected chi connectivity index (χ1v) is 7.23. The minimum absolute atomic E-state index is 0.104. The van der Waals surface area contributed by atoms with Crippen molar-refractivity contribution in [1.29, 1.82) is 0 Å². The fourth-order valence-electron chi connectivity index (χ4n) is 2.07. The van der Waals surface area contributed by atoms with E-state index in [0.717, 1.165) is 4.90 Å². The molecule has 1 aliphatic rings. The third kappa shape index (κ3) is 3.33. The number of amides is 3. The normalized spacial score (nSPS) is 11.9. The van der Waals surface area contributed by atoms with Gasteiger partial charge in [-0.1, -0.05) is 23.2 Å². The van der Waals surface area contributed by atoms with Crippen LogP contribution in [0.4, 0.5) is 16.2 Å². The molecule has 118 valence electrons. The summed E-state index contributed by atoms with van der Waals surface area (Å²) in [7, 11) is 0. The molecule has 0 saturated carbocycles. The zero-order valence-electron chi connectivity index (χ0n) is 11.6. The second-order valence-corrected chi connectivity index (χ2v) is 5.47. The number of halogens is 2. The summed E-state index contributed by atoms with van der Waals surface area (Å²) in [5.74, 6) is 1.02. The third-order valence-corrected chi connectivity index (χ3v) is 3.51. The molecule has 0 fully saturated rings. The van der Waals surface area contributed by atoms with Crippen LogP contribution in [0.3, 0.4) is 0 Å². The van der Waals surface area contributed by atoms with Crippen LogP contribution in [0.2, 0.25) is 10.0 Å². The first-order valence-electron chi connectivity index (χ1n) is 6.48. The Balaban J connectivity index is 1.82. The minimum Gasteiger partial charge on any atom is -0.454 e. The van der Waals surface area contributed by atoms with E-state index >= 15 is 0 Å².